The molecular weight excluding hydrogens is 172 g/mol. The normalized spacial score (nSPS) is 33.2. The molecule has 0 aromatic heterocycles. The molecule has 0 aromatic rings. The van der Waals surface area contributed by atoms with Crippen LogP contribution in [-0.2, 0) is 0 Å². The Morgan fingerprint density at radius 1 is 1.14 bits per heavy atom. The summed E-state index contributed by atoms with van der Waals surface area (Å²) < 4.78 is 0. The molecule has 1 saturated heterocycles. The van der Waals surface area contributed by atoms with Gasteiger partial charge < -0.3 is 5.32 Å². The van der Waals surface area contributed by atoms with E-state index in [1.807, 2.05) is 0 Å². The van der Waals surface area contributed by atoms with Crippen LogP contribution >= 0.6 is 0 Å². The van der Waals surface area contributed by atoms with E-state index < -0.39 is 0 Å². The van der Waals surface area contributed by atoms with Gasteiger partial charge in [0, 0.05) is 24.2 Å². The molecule has 0 amide bonds. The molecule has 1 heterocycles. The molecule has 0 spiro atoms. The fourth-order valence-electron chi connectivity index (χ4n) is 2.54. The van der Waals surface area contributed by atoms with Crippen molar-refractivity contribution >= 4 is 0 Å². The van der Waals surface area contributed by atoms with Crippen LogP contribution in [0.2, 0.25) is 0 Å². The van der Waals surface area contributed by atoms with E-state index in [1.165, 1.54) is 25.8 Å². The number of hydrogen-bond acceptors (Lipinski definition) is 2. The molecule has 0 saturated carbocycles. The second-order valence-corrected chi connectivity index (χ2v) is 5.06. The maximum atomic E-state index is 3.73. The molecule has 0 aliphatic carbocycles. The molecule has 1 rings (SSSR count). The Labute approximate surface area is 89.1 Å². The van der Waals surface area contributed by atoms with E-state index in [0.717, 1.165) is 6.54 Å². The van der Waals surface area contributed by atoms with Gasteiger partial charge in [-0.15, -0.1) is 0 Å². The molecule has 1 N–H and O–H groups in total. The van der Waals surface area contributed by atoms with Crippen molar-refractivity contribution in [2.75, 3.05) is 20.1 Å². The third kappa shape index (κ3) is 1.96. The smallest absolute Gasteiger partial charge is 0.0326 e. The first-order valence-electron chi connectivity index (χ1n) is 5.98. The summed E-state index contributed by atoms with van der Waals surface area (Å²) in [6.45, 7) is 11.5. The molecule has 14 heavy (non-hydrogen) atoms. The Balaban J connectivity index is 2.72. The number of nitrogens with one attached hydrogen (secondary N) is 1. The molecule has 1 atom stereocenters. The van der Waals surface area contributed by atoms with Crippen LogP contribution in [-0.4, -0.2) is 36.1 Å². The van der Waals surface area contributed by atoms with Crippen LogP contribution < -0.4 is 5.32 Å². The highest BCUT2D eigenvalue weighted by molar-refractivity contribution is 5.00. The second-order valence-electron chi connectivity index (χ2n) is 5.06. The molecule has 84 valence electrons. The summed E-state index contributed by atoms with van der Waals surface area (Å²) in [5.41, 5.74) is 0.720. The van der Waals surface area contributed by atoms with Crippen LogP contribution in [0, 0.1) is 0 Å². The largest absolute Gasteiger partial charge is 0.308 e. The number of hydrogen-bond donors (Lipinski definition) is 1. The van der Waals surface area contributed by atoms with Gasteiger partial charge in [-0.1, -0.05) is 20.8 Å². The van der Waals surface area contributed by atoms with Gasteiger partial charge in [-0.25, -0.2) is 0 Å². The molecule has 2 heteroatoms. The van der Waals surface area contributed by atoms with E-state index in [2.05, 4.69) is 45.0 Å². The molecule has 1 unspecified atom stereocenters. The van der Waals surface area contributed by atoms with E-state index in [-0.39, 0.29) is 0 Å². The Hall–Kier alpha value is -0.0800. The highest BCUT2D eigenvalue weighted by Gasteiger charge is 2.40. The fourth-order valence-corrected chi connectivity index (χ4v) is 2.54. The Bertz CT molecular complexity index is 187. The van der Waals surface area contributed by atoms with Gasteiger partial charge in [-0.2, -0.15) is 0 Å². The standard InChI is InChI=1S/C12H26N2/c1-6-11(4)10-14(5)12(7-2,8-3)9-13-11/h13H,6-10H2,1-5H3. The predicted molar refractivity (Wildman–Crippen MR) is 62.6 cm³/mol. The first-order valence-corrected chi connectivity index (χ1v) is 5.98. The number of rotatable bonds is 3. The topological polar surface area (TPSA) is 15.3 Å². The molecule has 0 aromatic carbocycles. The first-order chi connectivity index (χ1) is 6.52. The second kappa shape index (κ2) is 4.19. The van der Waals surface area contributed by atoms with Crippen LogP contribution in [0.25, 0.3) is 0 Å². The summed E-state index contributed by atoms with van der Waals surface area (Å²) >= 11 is 0. The fraction of sp³-hybridized carbons (Fsp3) is 1.00. The van der Waals surface area contributed by atoms with Gasteiger partial charge in [0.05, 0.1) is 0 Å². The van der Waals surface area contributed by atoms with E-state index in [9.17, 15) is 0 Å². The van der Waals surface area contributed by atoms with Gasteiger partial charge in [0.2, 0.25) is 0 Å². The minimum absolute atomic E-state index is 0.322. The summed E-state index contributed by atoms with van der Waals surface area (Å²) in [6.07, 6.45) is 3.69. The van der Waals surface area contributed by atoms with Crippen molar-refractivity contribution in [2.24, 2.45) is 0 Å². The number of nitrogens with zero attached hydrogens (tertiary/aromatic N) is 1. The zero-order valence-electron chi connectivity index (χ0n) is 10.5. The molecule has 1 aliphatic heterocycles. The van der Waals surface area contributed by atoms with Crippen LogP contribution in [0.3, 0.4) is 0 Å². The van der Waals surface area contributed by atoms with Crippen LogP contribution in [0.5, 0.6) is 0 Å². The summed E-state index contributed by atoms with van der Waals surface area (Å²) in [7, 11) is 2.28. The molecule has 2 nitrogen and oxygen atoms in total. The maximum Gasteiger partial charge on any atom is 0.0326 e. The monoisotopic (exact) mass is 198 g/mol. The lowest BCUT2D eigenvalue weighted by Gasteiger charge is -2.52. The van der Waals surface area contributed by atoms with Gasteiger partial charge in [0.25, 0.3) is 0 Å². The minimum atomic E-state index is 0.322. The van der Waals surface area contributed by atoms with E-state index >= 15 is 0 Å². The highest BCUT2D eigenvalue weighted by Crippen LogP contribution is 2.29. The minimum Gasteiger partial charge on any atom is -0.308 e. The summed E-state index contributed by atoms with van der Waals surface area (Å²) in [6, 6.07) is 0. The maximum absolute atomic E-state index is 3.73. The summed E-state index contributed by atoms with van der Waals surface area (Å²) in [5, 5.41) is 3.73. The number of piperazine rings is 1. The van der Waals surface area contributed by atoms with Crippen LogP contribution in [0.4, 0.5) is 0 Å². The average molecular weight is 198 g/mol. The average Bonchev–Trinajstić information content (AvgIpc) is 2.19. The van der Waals surface area contributed by atoms with Gasteiger partial charge >= 0.3 is 0 Å². The molecule has 1 fully saturated rings. The van der Waals surface area contributed by atoms with Gasteiger partial charge in [-0.05, 0) is 33.2 Å². The molecule has 0 radical (unpaired) electrons. The lowest BCUT2D eigenvalue weighted by atomic mass is 9.83. The lowest BCUT2D eigenvalue weighted by molar-refractivity contribution is 0.0240. The van der Waals surface area contributed by atoms with Gasteiger partial charge in [0.1, 0.15) is 0 Å². The molecule has 0 bridgehead atoms. The SMILES string of the molecule is CCC1(C)CN(C)C(CC)(CC)CN1. The molecular formula is C12H26N2. The van der Waals surface area contributed by atoms with Crippen molar-refractivity contribution in [2.45, 2.75) is 58.0 Å². The lowest BCUT2D eigenvalue weighted by Crippen LogP contribution is -2.67. The van der Waals surface area contributed by atoms with Crippen molar-refractivity contribution in [3.05, 3.63) is 0 Å². The number of likely N-dealkylation sites (N-methyl/N-ethyl adjacent to an activating group) is 1. The highest BCUT2D eigenvalue weighted by atomic mass is 15.3. The van der Waals surface area contributed by atoms with Crippen molar-refractivity contribution in [3.63, 3.8) is 0 Å². The Morgan fingerprint density at radius 2 is 1.71 bits per heavy atom. The zero-order chi connectivity index (χ0) is 10.8. The predicted octanol–water partition coefficient (Wildman–Crippen LogP) is 2.25. The summed E-state index contributed by atoms with van der Waals surface area (Å²) in [5.74, 6) is 0. The van der Waals surface area contributed by atoms with E-state index in [0.29, 0.717) is 11.1 Å². The summed E-state index contributed by atoms with van der Waals surface area (Å²) in [4.78, 5) is 2.56. The van der Waals surface area contributed by atoms with Crippen LogP contribution in [0.1, 0.15) is 47.0 Å². The van der Waals surface area contributed by atoms with Crippen molar-refractivity contribution in [3.8, 4) is 0 Å². The van der Waals surface area contributed by atoms with Gasteiger partial charge in [0.15, 0.2) is 0 Å². The quantitative estimate of drug-likeness (QED) is 0.748. The third-order valence-electron chi connectivity index (χ3n) is 4.34. The van der Waals surface area contributed by atoms with Crippen molar-refractivity contribution < 1.29 is 0 Å². The zero-order valence-corrected chi connectivity index (χ0v) is 10.5. The van der Waals surface area contributed by atoms with E-state index in [1.54, 1.807) is 0 Å². The third-order valence-corrected chi connectivity index (χ3v) is 4.34. The van der Waals surface area contributed by atoms with Crippen LogP contribution in [0.15, 0.2) is 0 Å². The Kier molecular flexibility index (Phi) is 3.59. The first kappa shape index (κ1) is 12.0. The molecule has 1 aliphatic rings. The van der Waals surface area contributed by atoms with Crippen molar-refractivity contribution in [1.29, 1.82) is 0 Å². The van der Waals surface area contributed by atoms with E-state index in [4.69, 9.17) is 0 Å². The van der Waals surface area contributed by atoms with Crippen molar-refractivity contribution in [1.82, 2.24) is 10.2 Å². The van der Waals surface area contributed by atoms with Gasteiger partial charge in [-0.3, -0.25) is 4.90 Å². The Morgan fingerprint density at radius 3 is 2.07 bits per heavy atom.